The molecule has 0 spiro atoms. The summed E-state index contributed by atoms with van der Waals surface area (Å²) in [5.74, 6) is 1.49. The number of rotatable bonds is 34. The summed E-state index contributed by atoms with van der Waals surface area (Å²) in [6.07, 6.45) is 8.52. The zero-order valence-electron chi connectivity index (χ0n) is 69.5. The van der Waals surface area contributed by atoms with Crippen molar-refractivity contribution in [1.82, 2.24) is 29.6 Å². The van der Waals surface area contributed by atoms with E-state index < -0.39 is 63.1 Å². The molecule has 0 bridgehead atoms. The normalized spacial score (nSPS) is 19.9. The van der Waals surface area contributed by atoms with Crippen LogP contribution in [0.2, 0.25) is 0 Å². The fourth-order valence-electron chi connectivity index (χ4n) is 15.9. The fraction of sp³-hybridized carbons (Fsp3) is 0.432. The summed E-state index contributed by atoms with van der Waals surface area (Å²) in [7, 11) is 10.1. The van der Waals surface area contributed by atoms with Crippen molar-refractivity contribution in [3.05, 3.63) is 193 Å². The maximum absolute atomic E-state index is 14.0. The Labute approximate surface area is 736 Å². The lowest BCUT2D eigenvalue weighted by atomic mass is 9.99. The highest BCUT2D eigenvalue weighted by Gasteiger charge is 2.51. The number of aliphatic hydroxyl groups excluding tert-OH is 2. The first-order valence-electron chi connectivity index (χ1n) is 40.9. The lowest BCUT2D eigenvalue weighted by molar-refractivity contribution is -0.385. The van der Waals surface area contributed by atoms with Crippen LogP contribution in [0.1, 0.15) is 148 Å². The van der Waals surface area contributed by atoms with Crippen LogP contribution in [0.15, 0.2) is 144 Å². The first kappa shape index (κ1) is 89.9. The van der Waals surface area contributed by atoms with Crippen molar-refractivity contribution < 1.29 is 101 Å². The first-order valence-corrected chi connectivity index (χ1v) is 45.2. The molecule has 3 N–H and O–H groups in total. The number of unbranched alkanes of at least 4 members (excludes halogenated alkanes) is 4. The number of nitro groups is 2. The molecule has 0 unspecified atom stereocenters. The van der Waals surface area contributed by atoms with Gasteiger partial charge in [0.1, 0.15) is 41.4 Å². The van der Waals surface area contributed by atoms with Crippen LogP contribution >= 0.6 is 43.2 Å². The summed E-state index contributed by atoms with van der Waals surface area (Å²) < 4.78 is 52.1. The Morgan fingerprint density at radius 2 is 1.01 bits per heavy atom. The molecule has 9 heterocycles. The number of carbonyl (C=O) groups is 8. The second-order valence-electron chi connectivity index (χ2n) is 32.3. The number of ketones is 2. The number of aryl methyl sites for hydroxylation is 1. The summed E-state index contributed by atoms with van der Waals surface area (Å²) in [5, 5.41) is 47.7. The molecule has 2 aromatic heterocycles. The minimum Gasteiger partial charge on any atom is -0.493 e. The first-order chi connectivity index (χ1) is 60.1. The standard InChI is InChI=1S/C44H49N5O12S2.C44H47N5O11S2/c1-26-14-30(24-50)47(22-26)42(53)32-19-37(58-4)39(20-33(32)46-43(54)61-25-44(10-11-44)63-62-40-9-8-29(21-45-40)49(55)56)60-13-7-5-6-12-59-38-17-28-16-35(51)34-15-27(2)23-48(34)41(52)31(28)18-36(38)57-3;1-25-14-33-35(50)17-28-18-38(37(57-4)19-30(28)40(51)46(33)22-25)59-13-7-5-6-12-58-36-20-32-31(16-27(36)3)41(52)47-23-26(2)15-34(47)42(53)48(32)43(54)60-24-44(10-11-44)62-61-39-9-8-29(21-45-39)49(55)56/h8-9,17-21,30,34,50H,1-2,5-7,10-16,22-25H2,3-4H3,(H,46,54);8-9,16,18-21,33-34,42,53H,1-2,5-7,10-15,17,22-24H2,3-4H3/t30-,34-;33-,34-,42-/m00/s1. The van der Waals surface area contributed by atoms with Crippen LogP contribution in [0.4, 0.5) is 32.3 Å². The molecule has 9 aliphatic rings. The van der Waals surface area contributed by atoms with E-state index in [2.05, 4.69) is 41.6 Å². The van der Waals surface area contributed by atoms with Gasteiger partial charge in [0.05, 0.1) is 120 Å². The maximum Gasteiger partial charge on any atom is 0.416 e. The zero-order chi connectivity index (χ0) is 88.7. The average Bonchev–Trinajstić information content (AvgIpc) is 1.61. The molecule has 0 radical (unpaired) electrons. The Morgan fingerprint density at radius 3 is 1.48 bits per heavy atom. The van der Waals surface area contributed by atoms with Crippen molar-refractivity contribution >= 4 is 113 Å². The topological polar surface area (TPSA) is 400 Å². The van der Waals surface area contributed by atoms with E-state index in [9.17, 15) is 68.8 Å². The van der Waals surface area contributed by atoms with Gasteiger partial charge in [-0.05, 0) is 184 Å². The second kappa shape index (κ2) is 39.0. The number of fused-ring (bicyclic) bond motifs is 6. The quantitative estimate of drug-likeness (QED) is 0.0111. The SMILES string of the molecule is C=C1C[C@@H](CO)N(C(=O)c2cc(OC)c(OCCCCCOc3cc4c(cc3OC)C(=O)N3CC(=C)C[C@H]3C(=O)C4)cc2NC(=O)OCC2(SSc3ccc([N+](=O)[O-])cn3)CC2)C1.C=C1C[C@H]2C(=O)Cc3cc(OCCCCCOc4cc5c(cc4C)C(=O)N4CC(=C)C[C@H]4[C@H](O)N5C(=O)OCC4(SSc5ccc([N+](=O)[O-])cn5)CC4)c(OC)cc3C(=O)N2C1. The number of hydrogen-bond acceptors (Lipinski definition) is 29. The molecule has 6 fully saturated rings. The molecule has 6 amide bonds. The highest BCUT2D eigenvalue weighted by Crippen LogP contribution is 2.57. The van der Waals surface area contributed by atoms with Gasteiger partial charge in [-0.2, -0.15) is 0 Å². The Morgan fingerprint density at radius 1 is 0.552 bits per heavy atom. The minimum absolute atomic E-state index is 0.0211. The number of hydrogen-bond donors (Lipinski definition) is 3. The minimum atomic E-state index is -1.42. The van der Waals surface area contributed by atoms with Crippen LogP contribution < -0.4 is 43.4 Å². The number of Topliss-reactive ketones (excluding diaryl/α,β-unsaturated/α-hetero) is 2. The maximum atomic E-state index is 14.0. The number of aromatic nitrogens is 2. The molecule has 4 saturated heterocycles. The number of nitrogens with one attached hydrogen (secondary N) is 1. The van der Waals surface area contributed by atoms with Crippen molar-refractivity contribution in [2.24, 2.45) is 0 Å². The monoisotopic (exact) mass is 1790 g/mol. The summed E-state index contributed by atoms with van der Waals surface area (Å²) in [4.78, 5) is 145. The van der Waals surface area contributed by atoms with Gasteiger partial charge in [-0.15, -0.1) is 0 Å². The molecule has 7 aliphatic heterocycles. The molecule has 37 heteroatoms. The van der Waals surface area contributed by atoms with E-state index in [4.69, 9.17) is 42.6 Å². The van der Waals surface area contributed by atoms with E-state index in [1.807, 2.05) is 6.92 Å². The van der Waals surface area contributed by atoms with Gasteiger partial charge in [-0.1, -0.05) is 70.2 Å². The summed E-state index contributed by atoms with van der Waals surface area (Å²) in [5.41, 5.74) is 6.53. The molecule has 6 aromatic rings. The number of carbonyl (C=O) groups excluding carboxylic acids is 8. The van der Waals surface area contributed by atoms with Gasteiger partial charge in [-0.25, -0.2) is 24.5 Å². The number of pyridine rings is 2. The van der Waals surface area contributed by atoms with Crippen LogP contribution in [-0.4, -0.2) is 231 Å². The molecular formula is C88H96N10O23S4. The van der Waals surface area contributed by atoms with Crippen molar-refractivity contribution in [3.63, 3.8) is 0 Å². The Balaban J connectivity index is 0.000000203. The number of nitrogens with zero attached hydrogens (tertiary/aromatic N) is 9. The Kier molecular flexibility index (Phi) is 28.1. The van der Waals surface area contributed by atoms with Gasteiger partial charge in [0, 0.05) is 74.4 Å². The lowest BCUT2D eigenvalue weighted by Gasteiger charge is -2.32. The molecule has 2 aliphatic carbocycles. The molecule has 4 aromatic carbocycles. The highest BCUT2D eigenvalue weighted by molar-refractivity contribution is 8.77. The number of likely N-dealkylation sites (tertiary alicyclic amines) is 1. The molecule has 15 rings (SSSR count). The van der Waals surface area contributed by atoms with Gasteiger partial charge >= 0.3 is 12.2 Å². The molecule has 5 atom stereocenters. The molecule has 125 heavy (non-hydrogen) atoms. The summed E-state index contributed by atoms with van der Waals surface area (Å²) in [6.45, 7) is 20.2. The van der Waals surface area contributed by atoms with Crippen LogP contribution in [0.3, 0.4) is 0 Å². The number of methoxy groups -OCH3 is 3. The van der Waals surface area contributed by atoms with Gasteiger partial charge in [0.25, 0.3) is 35.0 Å². The van der Waals surface area contributed by atoms with Crippen molar-refractivity contribution in [2.75, 3.05) is 104 Å². The predicted molar refractivity (Wildman–Crippen MR) is 466 cm³/mol. The third kappa shape index (κ3) is 20.6. The molecule has 660 valence electrons. The number of amides is 6. The van der Waals surface area contributed by atoms with Crippen LogP contribution in [-0.2, 0) is 31.9 Å². The predicted octanol–water partition coefficient (Wildman–Crippen LogP) is 13.7. The summed E-state index contributed by atoms with van der Waals surface area (Å²) in [6, 6.07) is 16.8. The third-order valence-electron chi connectivity index (χ3n) is 23.1. The number of ether oxygens (including phenoxy) is 9. The Bertz CT molecular complexity index is 5300. The fourth-order valence-corrected chi connectivity index (χ4v) is 21.1. The second-order valence-corrected chi connectivity index (χ2v) is 37.5. The molecular weight excluding hydrogens is 1690 g/mol. The van der Waals surface area contributed by atoms with E-state index in [0.717, 1.165) is 59.3 Å². The van der Waals surface area contributed by atoms with Crippen molar-refractivity contribution in [1.29, 1.82) is 0 Å². The van der Waals surface area contributed by atoms with Crippen molar-refractivity contribution in [2.45, 2.75) is 160 Å². The van der Waals surface area contributed by atoms with Crippen LogP contribution in [0.25, 0.3) is 0 Å². The van der Waals surface area contributed by atoms with Gasteiger partial charge in [0.15, 0.2) is 52.3 Å². The van der Waals surface area contributed by atoms with E-state index in [0.29, 0.717) is 157 Å². The van der Waals surface area contributed by atoms with E-state index >= 15 is 0 Å². The van der Waals surface area contributed by atoms with Gasteiger partial charge < -0.3 is 72.4 Å². The largest absolute Gasteiger partial charge is 0.493 e. The highest BCUT2D eigenvalue weighted by atomic mass is 33.1. The van der Waals surface area contributed by atoms with Gasteiger partial charge in [-0.3, -0.25) is 54.3 Å². The van der Waals surface area contributed by atoms with Crippen molar-refractivity contribution in [3.8, 4) is 40.2 Å². The summed E-state index contributed by atoms with van der Waals surface area (Å²) >= 11 is 0. The van der Waals surface area contributed by atoms with Crippen LogP contribution in [0, 0.1) is 27.2 Å². The lowest BCUT2D eigenvalue weighted by Crippen LogP contribution is -2.51. The van der Waals surface area contributed by atoms with E-state index in [-0.39, 0.29) is 132 Å². The third-order valence-corrected chi connectivity index (χ3v) is 29.5. The van der Waals surface area contributed by atoms with Gasteiger partial charge in [0.2, 0.25) is 0 Å². The van der Waals surface area contributed by atoms with E-state index in [1.54, 1.807) is 63.2 Å². The number of benzene rings is 4. The smallest absolute Gasteiger partial charge is 0.416 e. The molecule has 2 saturated carbocycles. The Hall–Kier alpha value is -11.4. The number of anilines is 2. The average molecular weight is 1790 g/mol. The zero-order valence-corrected chi connectivity index (χ0v) is 72.8. The van der Waals surface area contributed by atoms with Crippen LogP contribution in [0.5, 0.6) is 40.2 Å². The molecule has 33 nitrogen and oxygen atoms in total. The van der Waals surface area contributed by atoms with E-state index in [1.165, 1.54) is 106 Å². The number of aliphatic hydroxyl groups is 2.